The Bertz CT molecular complexity index is 1040. The molecule has 0 radical (unpaired) electrons. The fourth-order valence-electron chi connectivity index (χ4n) is 5.96. The quantitative estimate of drug-likeness (QED) is 0.387. The van der Waals surface area contributed by atoms with Crippen molar-refractivity contribution in [3.05, 3.63) is 59.2 Å². The van der Waals surface area contributed by atoms with Crippen LogP contribution in [0.5, 0.6) is 5.75 Å². The number of anilines is 1. The minimum absolute atomic E-state index is 0.0114. The van der Waals surface area contributed by atoms with E-state index in [1.807, 2.05) is 19.1 Å². The first-order chi connectivity index (χ1) is 18.0. The van der Waals surface area contributed by atoms with Crippen LogP contribution in [0.3, 0.4) is 0 Å². The minimum atomic E-state index is -0.899. The van der Waals surface area contributed by atoms with Gasteiger partial charge in [0.25, 0.3) is 0 Å². The molecule has 1 amide bonds. The van der Waals surface area contributed by atoms with Crippen molar-refractivity contribution >= 4 is 17.6 Å². The average Bonchev–Trinajstić information content (AvgIpc) is 2.91. The molecule has 2 N–H and O–H groups in total. The maximum Gasteiger partial charge on any atom is 0.307 e. The minimum Gasteiger partial charge on any atom is -0.494 e. The van der Waals surface area contributed by atoms with Crippen molar-refractivity contribution < 1.29 is 19.4 Å². The van der Waals surface area contributed by atoms with Crippen molar-refractivity contribution in [2.24, 2.45) is 5.92 Å². The van der Waals surface area contributed by atoms with Gasteiger partial charge in [-0.3, -0.25) is 9.59 Å². The molecule has 2 aliphatic rings. The van der Waals surface area contributed by atoms with Gasteiger partial charge in [-0.25, -0.2) is 0 Å². The van der Waals surface area contributed by atoms with Gasteiger partial charge in [-0.05, 0) is 61.8 Å². The van der Waals surface area contributed by atoms with Gasteiger partial charge in [-0.15, -0.1) is 0 Å². The van der Waals surface area contributed by atoms with Crippen molar-refractivity contribution in [3.63, 3.8) is 0 Å². The molecular formula is C31H42N2O4. The van der Waals surface area contributed by atoms with Gasteiger partial charge in [0, 0.05) is 24.3 Å². The number of nitrogens with one attached hydrogen (secondary N) is 1. The van der Waals surface area contributed by atoms with Crippen LogP contribution in [-0.4, -0.2) is 36.7 Å². The van der Waals surface area contributed by atoms with Gasteiger partial charge in [-0.2, -0.15) is 0 Å². The van der Waals surface area contributed by atoms with E-state index in [0.717, 1.165) is 25.1 Å². The lowest BCUT2D eigenvalue weighted by molar-refractivity contribution is -0.136. The van der Waals surface area contributed by atoms with E-state index >= 15 is 0 Å². The Balaban J connectivity index is 1.53. The molecule has 1 atom stereocenters. The first-order valence-corrected chi connectivity index (χ1v) is 14.1. The summed E-state index contributed by atoms with van der Waals surface area (Å²) in [5, 5.41) is 12.6. The van der Waals surface area contributed by atoms with E-state index in [4.69, 9.17) is 4.74 Å². The highest BCUT2D eigenvalue weighted by molar-refractivity contribution is 5.80. The van der Waals surface area contributed by atoms with Gasteiger partial charge in [0.15, 0.2) is 0 Å². The Kier molecular flexibility index (Phi) is 9.86. The molecule has 0 spiro atoms. The van der Waals surface area contributed by atoms with E-state index in [1.54, 1.807) is 6.07 Å². The molecule has 1 unspecified atom stereocenters. The molecule has 0 aromatic heterocycles. The SMILES string of the molecule is CCOc1cc(CC(=O)NC(CC2CCCCC2)c2ccccc2N2CCCCC2)ccc1CC(=O)O. The van der Waals surface area contributed by atoms with E-state index in [0.29, 0.717) is 23.8 Å². The summed E-state index contributed by atoms with van der Waals surface area (Å²) in [7, 11) is 0. The number of para-hydroxylation sites is 1. The van der Waals surface area contributed by atoms with E-state index in [1.165, 1.54) is 62.6 Å². The zero-order chi connectivity index (χ0) is 26.0. The molecule has 1 heterocycles. The maximum atomic E-state index is 13.4. The van der Waals surface area contributed by atoms with Crippen LogP contribution in [0.25, 0.3) is 0 Å². The van der Waals surface area contributed by atoms with Crippen molar-refractivity contribution in [2.45, 2.75) is 83.6 Å². The Hall–Kier alpha value is -3.02. The second-order valence-electron chi connectivity index (χ2n) is 10.6. The van der Waals surface area contributed by atoms with Gasteiger partial charge in [0.1, 0.15) is 5.75 Å². The van der Waals surface area contributed by atoms with Crippen molar-refractivity contribution in [1.29, 1.82) is 0 Å². The topological polar surface area (TPSA) is 78.9 Å². The smallest absolute Gasteiger partial charge is 0.307 e. The molecule has 1 saturated carbocycles. The normalized spacial score (nSPS) is 17.3. The highest BCUT2D eigenvalue weighted by Crippen LogP contribution is 2.36. The number of hydrogen-bond acceptors (Lipinski definition) is 4. The largest absolute Gasteiger partial charge is 0.494 e. The predicted octanol–water partition coefficient (Wildman–Crippen LogP) is 6.07. The number of benzene rings is 2. The van der Waals surface area contributed by atoms with E-state index < -0.39 is 5.97 Å². The summed E-state index contributed by atoms with van der Waals surface area (Å²) in [6, 6.07) is 14.0. The highest BCUT2D eigenvalue weighted by Gasteiger charge is 2.26. The van der Waals surface area contributed by atoms with Crippen LogP contribution >= 0.6 is 0 Å². The summed E-state index contributed by atoms with van der Waals surface area (Å²) in [6.07, 6.45) is 11.2. The van der Waals surface area contributed by atoms with Crippen LogP contribution in [-0.2, 0) is 22.4 Å². The van der Waals surface area contributed by atoms with Gasteiger partial charge in [0.05, 0.1) is 25.5 Å². The molecule has 6 nitrogen and oxygen atoms in total. The third-order valence-corrected chi connectivity index (χ3v) is 7.78. The zero-order valence-electron chi connectivity index (χ0n) is 22.2. The lowest BCUT2D eigenvalue weighted by Gasteiger charge is -2.34. The molecule has 6 heteroatoms. The second-order valence-corrected chi connectivity index (χ2v) is 10.6. The molecule has 2 aromatic carbocycles. The molecular weight excluding hydrogens is 464 g/mol. The number of ether oxygens (including phenoxy) is 1. The number of piperidine rings is 1. The summed E-state index contributed by atoms with van der Waals surface area (Å²) >= 11 is 0. The molecule has 200 valence electrons. The number of carbonyl (C=O) groups is 2. The van der Waals surface area contributed by atoms with Crippen LogP contribution in [0.15, 0.2) is 42.5 Å². The molecule has 2 fully saturated rings. The summed E-state index contributed by atoms with van der Waals surface area (Å²) in [6.45, 7) is 4.46. The van der Waals surface area contributed by atoms with E-state index in [9.17, 15) is 14.7 Å². The number of carboxylic acid groups (broad SMARTS) is 1. The van der Waals surface area contributed by atoms with Crippen LogP contribution in [0, 0.1) is 5.92 Å². The highest BCUT2D eigenvalue weighted by atomic mass is 16.5. The number of carbonyl (C=O) groups excluding carboxylic acids is 1. The Labute approximate surface area is 221 Å². The van der Waals surface area contributed by atoms with Crippen LogP contribution in [0.1, 0.15) is 87.4 Å². The first kappa shape index (κ1) is 27.0. The number of rotatable bonds is 11. The van der Waals surface area contributed by atoms with Crippen molar-refractivity contribution in [1.82, 2.24) is 5.32 Å². The summed E-state index contributed by atoms with van der Waals surface area (Å²) in [4.78, 5) is 27.1. The Morgan fingerprint density at radius 2 is 1.73 bits per heavy atom. The molecule has 1 saturated heterocycles. The van der Waals surface area contributed by atoms with Crippen LogP contribution in [0.4, 0.5) is 5.69 Å². The van der Waals surface area contributed by atoms with Gasteiger partial charge >= 0.3 is 5.97 Å². The number of hydrogen-bond donors (Lipinski definition) is 2. The lowest BCUT2D eigenvalue weighted by Crippen LogP contribution is -2.35. The monoisotopic (exact) mass is 506 g/mol. The van der Waals surface area contributed by atoms with Crippen molar-refractivity contribution in [3.8, 4) is 5.75 Å². The van der Waals surface area contributed by atoms with Gasteiger partial charge in [-0.1, -0.05) is 62.4 Å². The molecule has 1 aliphatic heterocycles. The Morgan fingerprint density at radius 1 is 1.00 bits per heavy atom. The number of aliphatic carboxylic acids is 1. The third-order valence-electron chi connectivity index (χ3n) is 7.78. The second kappa shape index (κ2) is 13.5. The molecule has 37 heavy (non-hydrogen) atoms. The average molecular weight is 507 g/mol. The number of carboxylic acids is 1. The van der Waals surface area contributed by atoms with Gasteiger partial charge in [0.2, 0.25) is 5.91 Å². The fraction of sp³-hybridized carbons (Fsp3) is 0.548. The lowest BCUT2D eigenvalue weighted by atomic mass is 9.83. The molecule has 0 bridgehead atoms. The van der Waals surface area contributed by atoms with E-state index in [-0.39, 0.29) is 24.8 Å². The Morgan fingerprint density at radius 3 is 2.46 bits per heavy atom. The number of amides is 1. The fourth-order valence-corrected chi connectivity index (χ4v) is 5.96. The van der Waals surface area contributed by atoms with Crippen molar-refractivity contribution in [2.75, 3.05) is 24.6 Å². The summed E-state index contributed by atoms with van der Waals surface area (Å²) in [5.74, 6) is 0.268. The van der Waals surface area contributed by atoms with Crippen LogP contribution in [0.2, 0.25) is 0 Å². The maximum absolute atomic E-state index is 13.4. The summed E-state index contributed by atoms with van der Waals surface area (Å²) in [5.41, 5.74) is 3.95. The standard InChI is InChI=1S/C31H42N2O4/c1-2-37-29-20-24(15-16-25(29)22-31(35)36)21-30(34)32-27(19-23-11-5-3-6-12-23)26-13-7-8-14-28(26)33-17-9-4-10-18-33/h7-8,13-16,20,23,27H,2-6,9-12,17-19,21-22H2,1H3,(H,32,34)(H,35,36). The molecule has 4 rings (SSSR count). The van der Waals surface area contributed by atoms with Crippen LogP contribution < -0.4 is 15.0 Å². The molecule has 2 aromatic rings. The third kappa shape index (κ3) is 7.73. The zero-order valence-corrected chi connectivity index (χ0v) is 22.2. The van der Waals surface area contributed by atoms with E-state index in [2.05, 4.69) is 34.5 Å². The number of nitrogens with zero attached hydrogens (tertiary/aromatic N) is 1. The first-order valence-electron chi connectivity index (χ1n) is 14.1. The van der Waals surface area contributed by atoms with Gasteiger partial charge < -0.3 is 20.1 Å². The predicted molar refractivity (Wildman–Crippen MR) is 147 cm³/mol. The molecule has 1 aliphatic carbocycles. The summed E-state index contributed by atoms with van der Waals surface area (Å²) < 4.78 is 5.69.